The lowest BCUT2D eigenvalue weighted by Crippen LogP contribution is -2.27. The first-order chi connectivity index (χ1) is 15.9. The number of para-hydroxylation sites is 1. The zero-order valence-electron chi connectivity index (χ0n) is 18.9. The number of amides is 1. The lowest BCUT2D eigenvalue weighted by atomic mass is 9.98. The van der Waals surface area contributed by atoms with E-state index in [9.17, 15) is 19.1 Å². The van der Waals surface area contributed by atoms with Gasteiger partial charge in [0.05, 0.1) is 16.3 Å². The minimum atomic E-state index is -0.898. The van der Waals surface area contributed by atoms with Crippen LogP contribution in [0.25, 0.3) is 5.69 Å². The van der Waals surface area contributed by atoms with Gasteiger partial charge in [0.25, 0.3) is 5.91 Å². The third-order valence-corrected chi connectivity index (χ3v) is 5.79. The highest BCUT2D eigenvalue weighted by Crippen LogP contribution is 2.42. The van der Waals surface area contributed by atoms with E-state index in [1.807, 2.05) is 0 Å². The third-order valence-electron chi connectivity index (χ3n) is 5.48. The van der Waals surface area contributed by atoms with E-state index in [0.29, 0.717) is 0 Å². The zero-order valence-corrected chi connectivity index (χ0v) is 19.7. The van der Waals surface area contributed by atoms with Crippen LogP contribution in [-0.4, -0.2) is 31.0 Å². The molecule has 1 aliphatic rings. The maximum absolute atomic E-state index is 15.5. The minimum Gasteiger partial charge on any atom is -0.486 e. The number of fused-ring (bicyclic) bond motifs is 1. The highest BCUT2D eigenvalue weighted by Gasteiger charge is 2.38. The molecule has 0 radical (unpaired) electrons. The number of aliphatic hydroxyl groups is 1. The van der Waals surface area contributed by atoms with Crippen molar-refractivity contribution in [1.29, 1.82) is 0 Å². The molecular formula is C23H23ClF2N4O4. The van der Waals surface area contributed by atoms with Crippen molar-refractivity contribution in [3.8, 4) is 11.4 Å². The number of hydrogen-bond acceptors (Lipinski definition) is 5. The second kappa shape index (κ2) is 8.52. The summed E-state index contributed by atoms with van der Waals surface area (Å²) in [6, 6.07) is 4.51. The van der Waals surface area contributed by atoms with Crippen molar-refractivity contribution in [2.75, 3.05) is 5.32 Å². The molecule has 1 aliphatic heterocycles. The van der Waals surface area contributed by atoms with Crippen LogP contribution in [0.15, 0.2) is 29.1 Å². The molecule has 11 heteroatoms. The molecule has 0 unspecified atom stereocenters. The Morgan fingerprint density at radius 3 is 2.62 bits per heavy atom. The minimum absolute atomic E-state index is 0.0225. The molecule has 0 saturated heterocycles. The van der Waals surface area contributed by atoms with Gasteiger partial charge in [-0.25, -0.2) is 13.6 Å². The Hall–Kier alpha value is -3.24. The first-order valence-electron chi connectivity index (χ1n) is 10.6. The average Bonchev–Trinajstić information content (AvgIpc) is 3.25. The molecule has 1 amide bonds. The third kappa shape index (κ3) is 3.97. The zero-order chi connectivity index (χ0) is 24.9. The highest BCUT2D eigenvalue weighted by molar-refractivity contribution is 6.34. The predicted octanol–water partition coefficient (Wildman–Crippen LogP) is 4.00. The maximum Gasteiger partial charge on any atom is 0.351 e. The Bertz CT molecular complexity index is 1340. The molecule has 2 aromatic carbocycles. The van der Waals surface area contributed by atoms with E-state index in [2.05, 4.69) is 10.4 Å². The standard InChI is InChI=1S/C23H23ClF2N4O4/c1-11(2)29-17(10-31)28-30(22(29)33)19-13-9-23(3,4)34-20(13)12(8-16(19)26)21(32)27-18-14(24)6-5-7-15(18)25/h5-8,11,31H,9-10H2,1-4H3,(H,27,32). The van der Waals surface area contributed by atoms with Crippen LogP contribution in [0.2, 0.25) is 5.02 Å². The fourth-order valence-corrected chi connectivity index (χ4v) is 4.29. The lowest BCUT2D eigenvalue weighted by Gasteiger charge is -2.18. The Balaban J connectivity index is 1.89. The van der Waals surface area contributed by atoms with Gasteiger partial charge in [0.2, 0.25) is 0 Å². The van der Waals surface area contributed by atoms with Gasteiger partial charge in [0.1, 0.15) is 35.3 Å². The molecule has 0 spiro atoms. The molecule has 0 saturated carbocycles. The van der Waals surface area contributed by atoms with E-state index in [-0.39, 0.29) is 51.6 Å². The summed E-state index contributed by atoms with van der Waals surface area (Å²) in [7, 11) is 0. The number of nitrogens with one attached hydrogen (secondary N) is 1. The fraction of sp³-hybridized carbons (Fsp3) is 0.348. The molecule has 34 heavy (non-hydrogen) atoms. The van der Waals surface area contributed by atoms with Crippen LogP contribution in [0.4, 0.5) is 14.5 Å². The van der Waals surface area contributed by atoms with Gasteiger partial charge in [-0.3, -0.25) is 9.36 Å². The number of rotatable bonds is 5. The second-order valence-corrected chi connectivity index (χ2v) is 9.29. The lowest BCUT2D eigenvalue weighted by molar-refractivity contribution is 0.101. The van der Waals surface area contributed by atoms with Crippen LogP contribution in [-0.2, 0) is 13.0 Å². The predicted molar refractivity (Wildman–Crippen MR) is 122 cm³/mol. The van der Waals surface area contributed by atoms with Crippen LogP contribution in [0.5, 0.6) is 5.75 Å². The number of hydrogen-bond donors (Lipinski definition) is 2. The Labute approximate surface area is 198 Å². The maximum atomic E-state index is 15.5. The summed E-state index contributed by atoms with van der Waals surface area (Å²) >= 11 is 6.00. The van der Waals surface area contributed by atoms with Crippen molar-refractivity contribution in [2.24, 2.45) is 0 Å². The van der Waals surface area contributed by atoms with Gasteiger partial charge in [-0.15, -0.1) is 5.10 Å². The van der Waals surface area contributed by atoms with Gasteiger partial charge < -0.3 is 15.2 Å². The largest absolute Gasteiger partial charge is 0.486 e. The second-order valence-electron chi connectivity index (χ2n) is 8.88. The van der Waals surface area contributed by atoms with Crippen LogP contribution in [0, 0.1) is 11.6 Å². The summed E-state index contributed by atoms with van der Waals surface area (Å²) in [6.45, 7) is 6.45. The molecule has 0 bridgehead atoms. The van der Waals surface area contributed by atoms with E-state index in [1.54, 1.807) is 27.7 Å². The molecule has 3 aromatic rings. The van der Waals surface area contributed by atoms with Crippen LogP contribution < -0.4 is 15.7 Å². The van der Waals surface area contributed by atoms with Crippen molar-refractivity contribution in [1.82, 2.24) is 14.3 Å². The highest BCUT2D eigenvalue weighted by atomic mass is 35.5. The topological polar surface area (TPSA) is 98.4 Å². The van der Waals surface area contributed by atoms with Gasteiger partial charge in [0.15, 0.2) is 5.82 Å². The van der Waals surface area contributed by atoms with Gasteiger partial charge in [-0.05, 0) is 45.9 Å². The molecule has 1 aromatic heterocycles. The number of benzene rings is 2. The van der Waals surface area contributed by atoms with E-state index in [4.69, 9.17) is 16.3 Å². The van der Waals surface area contributed by atoms with Crippen molar-refractivity contribution < 1.29 is 23.4 Å². The summed E-state index contributed by atoms with van der Waals surface area (Å²) in [5.74, 6) is -2.35. The summed E-state index contributed by atoms with van der Waals surface area (Å²) < 4.78 is 37.8. The first kappa shape index (κ1) is 23.9. The number of carbonyl (C=O) groups excluding carboxylic acids is 1. The molecule has 2 N–H and O–H groups in total. The number of aromatic nitrogens is 3. The molecule has 8 nitrogen and oxygen atoms in total. The van der Waals surface area contributed by atoms with Crippen molar-refractivity contribution in [3.05, 3.63) is 68.4 Å². The van der Waals surface area contributed by atoms with Crippen LogP contribution in [0.3, 0.4) is 0 Å². The van der Waals surface area contributed by atoms with Gasteiger partial charge in [-0.1, -0.05) is 17.7 Å². The van der Waals surface area contributed by atoms with E-state index < -0.39 is 35.4 Å². The Morgan fingerprint density at radius 1 is 1.32 bits per heavy atom. The summed E-state index contributed by atoms with van der Waals surface area (Å²) in [6.07, 6.45) is 0.172. The van der Waals surface area contributed by atoms with Gasteiger partial charge in [0, 0.05) is 18.0 Å². The number of nitrogens with zero attached hydrogens (tertiary/aromatic N) is 3. The molecule has 0 atom stereocenters. The molecule has 2 heterocycles. The number of halogens is 3. The number of carbonyl (C=O) groups is 1. The molecule has 180 valence electrons. The van der Waals surface area contributed by atoms with E-state index >= 15 is 4.39 Å². The van der Waals surface area contributed by atoms with E-state index in [1.165, 1.54) is 16.7 Å². The van der Waals surface area contributed by atoms with Gasteiger partial charge >= 0.3 is 5.69 Å². The molecule has 0 aliphatic carbocycles. The Kier molecular flexibility index (Phi) is 5.99. The van der Waals surface area contributed by atoms with Crippen LogP contribution >= 0.6 is 11.6 Å². The van der Waals surface area contributed by atoms with E-state index in [0.717, 1.165) is 16.8 Å². The summed E-state index contributed by atoms with van der Waals surface area (Å²) in [4.78, 5) is 26.1. The van der Waals surface area contributed by atoms with Crippen molar-refractivity contribution >= 4 is 23.2 Å². The Morgan fingerprint density at radius 2 is 2.03 bits per heavy atom. The SMILES string of the molecule is CC(C)n1c(CO)nn(-c2c(F)cc(C(=O)Nc3c(F)cccc3Cl)c3c2CC(C)(C)O3)c1=O. The smallest absolute Gasteiger partial charge is 0.351 e. The number of aliphatic hydroxyl groups excluding tert-OH is 1. The summed E-state index contributed by atoms with van der Waals surface area (Å²) in [5.41, 5.74) is -1.79. The van der Waals surface area contributed by atoms with Crippen LogP contribution in [0.1, 0.15) is 55.5 Å². The fourth-order valence-electron chi connectivity index (χ4n) is 4.08. The molecule has 4 rings (SSSR count). The molecule has 0 fully saturated rings. The molecular weight excluding hydrogens is 470 g/mol. The normalized spacial score (nSPS) is 14.3. The quantitative estimate of drug-likeness (QED) is 0.561. The van der Waals surface area contributed by atoms with Crippen molar-refractivity contribution in [2.45, 2.75) is 52.4 Å². The average molecular weight is 493 g/mol. The number of anilines is 1. The van der Waals surface area contributed by atoms with Gasteiger partial charge in [-0.2, -0.15) is 4.68 Å². The monoisotopic (exact) mass is 492 g/mol. The first-order valence-corrected chi connectivity index (χ1v) is 10.9. The summed E-state index contributed by atoms with van der Waals surface area (Å²) in [5, 5.41) is 16.1. The van der Waals surface area contributed by atoms with Crippen molar-refractivity contribution in [3.63, 3.8) is 0 Å². The number of ether oxygens (including phenoxy) is 1.